The summed E-state index contributed by atoms with van der Waals surface area (Å²) in [4.78, 5) is 11.3. The van der Waals surface area contributed by atoms with Crippen molar-refractivity contribution in [3.8, 4) is 5.75 Å². The molecule has 0 radical (unpaired) electrons. The average molecular weight is 292 g/mol. The zero-order chi connectivity index (χ0) is 15.7. The van der Waals surface area contributed by atoms with Gasteiger partial charge in [0.1, 0.15) is 12.4 Å². The van der Waals surface area contributed by atoms with Crippen molar-refractivity contribution in [3.05, 3.63) is 42.0 Å². The average Bonchev–Trinajstić information content (AvgIpc) is 2.46. The van der Waals surface area contributed by atoms with Gasteiger partial charge in [-0.2, -0.15) is 0 Å². The van der Waals surface area contributed by atoms with E-state index >= 15 is 0 Å². The van der Waals surface area contributed by atoms with E-state index < -0.39 is 0 Å². The molecule has 0 bridgehead atoms. The quantitative estimate of drug-likeness (QED) is 0.300. The minimum Gasteiger partial charge on any atom is -0.465 e. The molecule has 0 spiro atoms. The van der Waals surface area contributed by atoms with E-state index in [1.807, 2.05) is 31.2 Å². The molecule has 0 saturated carbocycles. The highest BCUT2D eigenvalue weighted by Crippen LogP contribution is 2.15. The molecule has 1 aromatic rings. The van der Waals surface area contributed by atoms with Crippen molar-refractivity contribution in [2.75, 3.05) is 6.61 Å². The topological polar surface area (TPSA) is 44.8 Å². The predicted molar refractivity (Wildman–Crippen MR) is 82.0 cm³/mol. The van der Waals surface area contributed by atoms with Gasteiger partial charge in [0.25, 0.3) is 0 Å². The summed E-state index contributed by atoms with van der Waals surface area (Å²) in [6.45, 7) is 10.1. The first-order valence-corrected chi connectivity index (χ1v) is 7.22. The summed E-state index contributed by atoms with van der Waals surface area (Å²) in [6, 6.07) is 7.40. The van der Waals surface area contributed by atoms with Gasteiger partial charge in [-0.15, -0.1) is 0 Å². The van der Waals surface area contributed by atoms with Crippen LogP contribution in [0.5, 0.6) is 5.75 Å². The molecular formula is C17H24O4. The highest BCUT2D eigenvalue weighted by atomic mass is 16.7. The number of esters is 1. The molecule has 1 aromatic carbocycles. The standard InChI is InChI=1S/C17H24O4/c1-5-6-11-19-14(4)21-16-9-7-15(8-10-16)12-20-17(18)13(2)3/h7-10,14H,2,5-6,11-12H2,1,3-4H3. The van der Waals surface area contributed by atoms with Gasteiger partial charge in [-0.1, -0.05) is 32.1 Å². The molecule has 4 heteroatoms. The van der Waals surface area contributed by atoms with Crippen LogP contribution in [0.2, 0.25) is 0 Å². The molecule has 0 aromatic heterocycles. The lowest BCUT2D eigenvalue weighted by Gasteiger charge is -2.15. The maximum atomic E-state index is 11.3. The van der Waals surface area contributed by atoms with E-state index in [0.717, 1.165) is 24.2 Å². The summed E-state index contributed by atoms with van der Waals surface area (Å²) >= 11 is 0. The second-order valence-corrected chi connectivity index (χ2v) is 4.91. The molecule has 0 aliphatic carbocycles. The summed E-state index contributed by atoms with van der Waals surface area (Å²) in [7, 11) is 0. The minimum atomic E-state index is -0.381. The van der Waals surface area contributed by atoms with Gasteiger partial charge in [0.15, 0.2) is 6.29 Å². The Kier molecular flexibility index (Phi) is 7.54. The maximum absolute atomic E-state index is 11.3. The smallest absolute Gasteiger partial charge is 0.333 e. The molecule has 21 heavy (non-hydrogen) atoms. The van der Waals surface area contributed by atoms with E-state index in [0.29, 0.717) is 12.2 Å². The van der Waals surface area contributed by atoms with Crippen LogP contribution < -0.4 is 4.74 Å². The molecule has 0 heterocycles. The van der Waals surface area contributed by atoms with Crippen LogP contribution in [0.4, 0.5) is 0 Å². The third kappa shape index (κ3) is 6.95. The normalized spacial score (nSPS) is 11.8. The highest BCUT2D eigenvalue weighted by molar-refractivity contribution is 5.86. The Morgan fingerprint density at radius 1 is 1.29 bits per heavy atom. The number of benzene rings is 1. The molecule has 0 fully saturated rings. The lowest BCUT2D eigenvalue weighted by Crippen LogP contribution is -2.16. The number of hydrogen-bond donors (Lipinski definition) is 0. The highest BCUT2D eigenvalue weighted by Gasteiger charge is 2.06. The third-order valence-electron chi connectivity index (χ3n) is 2.79. The van der Waals surface area contributed by atoms with Crippen molar-refractivity contribution < 1.29 is 19.0 Å². The number of unbranched alkanes of at least 4 members (excludes halogenated alkanes) is 1. The third-order valence-corrected chi connectivity index (χ3v) is 2.79. The summed E-state index contributed by atoms with van der Waals surface area (Å²) in [6.07, 6.45) is 1.86. The van der Waals surface area contributed by atoms with Crippen LogP contribution in [-0.4, -0.2) is 18.9 Å². The SMILES string of the molecule is C=C(C)C(=O)OCc1ccc(OC(C)OCCCC)cc1. The van der Waals surface area contributed by atoms with E-state index in [4.69, 9.17) is 14.2 Å². The van der Waals surface area contributed by atoms with E-state index in [1.165, 1.54) is 0 Å². The molecule has 1 unspecified atom stereocenters. The van der Waals surface area contributed by atoms with Gasteiger partial charge in [-0.05, 0) is 38.0 Å². The molecule has 0 aliphatic rings. The first kappa shape index (κ1) is 17.2. The number of rotatable bonds is 9. The monoisotopic (exact) mass is 292 g/mol. The lowest BCUT2D eigenvalue weighted by molar-refractivity contribution is -0.140. The predicted octanol–water partition coefficient (Wildman–Crippen LogP) is 3.85. The van der Waals surface area contributed by atoms with Crippen molar-refractivity contribution in [1.29, 1.82) is 0 Å². The molecule has 0 aliphatic heterocycles. The molecule has 0 saturated heterocycles. The number of hydrogen-bond acceptors (Lipinski definition) is 4. The molecule has 0 N–H and O–H groups in total. The van der Waals surface area contributed by atoms with Gasteiger partial charge in [-0.3, -0.25) is 0 Å². The van der Waals surface area contributed by atoms with Crippen molar-refractivity contribution in [2.45, 2.75) is 46.5 Å². The van der Waals surface area contributed by atoms with Gasteiger partial charge in [0, 0.05) is 5.57 Å². The molecule has 1 rings (SSSR count). The van der Waals surface area contributed by atoms with Crippen molar-refractivity contribution in [2.24, 2.45) is 0 Å². The van der Waals surface area contributed by atoms with Gasteiger partial charge in [0.05, 0.1) is 6.61 Å². The Balaban J connectivity index is 2.39. The Hall–Kier alpha value is -1.81. The Bertz CT molecular complexity index is 450. The van der Waals surface area contributed by atoms with Crippen LogP contribution in [0, 0.1) is 0 Å². The Morgan fingerprint density at radius 3 is 2.52 bits per heavy atom. The summed E-state index contributed by atoms with van der Waals surface area (Å²) in [5.41, 5.74) is 1.30. The Labute approximate surface area is 126 Å². The zero-order valence-electron chi connectivity index (χ0n) is 13.1. The largest absolute Gasteiger partial charge is 0.465 e. The lowest BCUT2D eigenvalue weighted by atomic mass is 10.2. The molecule has 0 amide bonds. The van der Waals surface area contributed by atoms with Crippen LogP contribution in [-0.2, 0) is 20.9 Å². The number of ether oxygens (including phenoxy) is 3. The van der Waals surface area contributed by atoms with Gasteiger partial charge < -0.3 is 14.2 Å². The van der Waals surface area contributed by atoms with Crippen molar-refractivity contribution in [1.82, 2.24) is 0 Å². The maximum Gasteiger partial charge on any atom is 0.333 e. The molecule has 1 atom stereocenters. The fourth-order valence-corrected chi connectivity index (χ4v) is 1.56. The van der Waals surface area contributed by atoms with Crippen LogP contribution in [0.15, 0.2) is 36.4 Å². The van der Waals surface area contributed by atoms with Gasteiger partial charge >= 0.3 is 5.97 Å². The van der Waals surface area contributed by atoms with E-state index in [9.17, 15) is 4.79 Å². The number of carbonyl (C=O) groups excluding carboxylic acids is 1. The fourth-order valence-electron chi connectivity index (χ4n) is 1.56. The number of carbonyl (C=O) groups is 1. The molecular weight excluding hydrogens is 268 g/mol. The molecule has 116 valence electrons. The van der Waals surface area contributed by atoms with E-state index in [2.05, 4.69) is 13.5 Å². The van der Waals surface area contributed by atoms with Gasteiger partial charge in [0.2, 0.25) is 0 Å². The van der Waals surface area contributed by atoms with Crippen LogP contribution in [0.3, 0.4) is 0 Å². The summed E-state index contributed by atoms with van der Waals surface area (Å²) in [5.74, 6) is 0.349. The van der Waals surface area contributed by atoms with Crippen molar-refractivity contribution >= 4 is 5.97 Å². The second-order valence-electron chi connectivity index (χ2n) is 4.91. The molecule has 4 nitrogen and oxygen atoms in total. The van der Waals surface area contributed by atoms with E-state index in [-0.39, 0.29) is 18.9 Å². The Morgan fingerprint density at radius 2 is 1.95 bits per heavy atom. The van der Waals surface area contributed by atoms with Crippen LogP contribution in [0.25, 0.3) is 0 Å². The van der Waals surface area contributed by atoms with Gasteiger partial charge in [-0.25, -0.2) is 4.79 Å². The first-order chi connectivity index (χ1) is 10.0. The van der Waals surface area contributed by atoms with E-state index in [1.54, 1.807) is 6.92 Å². The summed E-state index contributed by atoms with van der Waals surface area (Å²) in [5, 5.41) is 0. The second kappa shape index (κ2) is 9.19. The minimum absolute atomic E-state index is 0.231. The van der Waals surface area contributed by atoms with Crippen LogP contribution >= 0.6 is 0 Å². The zero-order valence-corrected chi connectivity index (χ0v) is 13.1. The fraction of sp³-hybridized carbons (Fsp3) is 0.471. The first-order valence-electron chi connectivity index (χ1n) is 7.22. The van der Waals surface area contributed by atoms with Crippen molar-refractivity contribution in [3.63, 3.8) is 0 Å². The summed E-state index contributed by atoms with van der Waals surface area (Å²) < 4.78 is 16.2. The van der Waals surface area contributed by atoms with Crippen LogP contribution in [0.1, 0.15) is 39.2 Å².